The highest BCUT2D eigenvalue weighted by Crippen LogP contribution is 2.17. The molecular formula is C5H9F2N. The third-order valence-electron chi connectivity index (χ3n) is 0.776. The second-order valence-electron chi connectivity index (χ2n) is 1.50. The van der Waals surface area contributed by atoms with E-state index in [4.69, 9.17) is 5.73 Å². The van der Waals surface area contributed by atoms with Crippen LogP contribution in [-0.4, -0.2) is 12.5 Å². The number of halogens is 2. The van der Waals surface area contributed by atoms with E-state index in [0.717, 1.165) is 0 Å². The van der Waals surface area contributed by atoms with Crippen LogP contribution in [-0.2, 0) is 0 Å². The van der Waals surface area contributed by atoms with Gasteiger partial charge < -0.3 is 5.73 Å². The number of hydrogen-bond acceptors (Lipinski definition) is 1. The zero-order chi connectivity index (χ0) is 6.62. The molecule has 0 aliphatic rings. The van der Waals surface area contributed by atoms with Gasteiger partial charge in [-0.3, -0.25) is 0 Å². The predicted molar refractivity (Wildman–Crippen MR) is 28.8 cm³/mol. The minimum Gasteiger partial charge on any atom is -0.330 e. The number of nitrogens with two attached hydrogens (primary N) is 1. The maximum atomic E-state index is 12.0. The van der Waals surface area contributed by atoms with Crippen molar-refractivity contribution in [1.29, 1.82) is 0 Å². The molecule has 0 unspecified atom stereocenters. The lowest BCUT2D eigenvalue weighted by Gasteiger charge is -2.07. The van der Waals surface area contributed by atoms with E-state index in [9.17, 15) is 8.78 Å². The average Bonchev–Trinajstić information content (AvgIpc) is 1.67. The summed E-state index contributed by atoms with van der Waals surface area (Å²) in [4.78, 5) is 0. The van der Waals surface area contributed by atoms with Crippen molar-refractivity contribution < 1.29 is 8.78 Å². The van der Waals surface area contributed by atoms with E-state index in [0.29, 0.717) is 6.08 Å². The first-order valence-electron chi connectivity index (χ1n) is 2.34. The van der Waals surface area contributed by atoms with Gasteiger partial charge in [0.1, 0.15) is 0 Å². The van der Waals surface area contributed by atoms with Gasteiger partial charge in [-0.25, -0.2) is 8.78 Å². The van der Waals surface area contributed by atoms with Crippen LogP contribution in [0.1, 0.15) is 6.42 Å². The Labute approximate surface area is 47.2 Å². The highest BCUT2D eigenvalue weighted by atomic mass is 19.3. The Kier molecular flexibility index (Phi) is 2.62. The van der Waals surface area contributed by atoms with E-state index in [-0.39, 0.29) is 13.0 Å². The van der Waals surface area contributed by atoms with Crippen LogP contribution in [0.3, 0.4) is 0 Å². The van der Waals surface area contributed by atoms with Crippen LogP contribution in [0.25, 0.3) is 0 Å². The highest BCUT2D eigenvalue weighted by Gasteiger charge is 2.21. The highest BCUT2D eigenvalue weighted by molar-refractivity contribution is 4.86. The van der Waals surface area contributed by atoms with Gasteiger partial charge in [-0.2, -0.15) is 0 Å². The molecule has 0 radical (unpaired) electrons. The quantitative estimate of drug-likeness (QED) is 0.557. The van der Waals surface area contributed by atoms with Crippen LogP contribution in [0, 0.1) is 0 Å². The summed E-state index contributed by atoms with van der Waals surface area (Å²) < 4.78 is 23.9. The molecule has 0 aliphatic heterocycles. The second kappa shape index (κ2) is 2.77. The Balaban J connectivity index is 3.53. The van der Waals surface area contributed by atoms with Gasteiger partial charge in [-0.15, -0.1) is 0 Å². The van der Waals surface area contributed by atoms with E-state index in [2.05, 4.69) is 6.58 Å². The molecule has 0 bridgehead atoms. The Bertz CT molecular complexity index is 80.5. The molecule has 0 spiro atoms. The Hall–Kier alpha value is -0.440. The Morgan fingerprint density at radius 2 is 2.12 bits per heavy atom. The summed E-state index contributed by atoms with van der Waals surface area (Å²) in [5, 5.41) is 0. The fourth-order valence-corrected chi connectivity index (χ4v) is 0.295. The predicted octanol–water partition coefficient (Wildman–Crippen LogP) is 1.16. The summed E-state index contributed by atoms with van der Waals surface area (Å²) in [6.45, 7) is 2.94. The first-order valence-corrected chi connectivity index (χ1v) is 2.34. The van der Waals surface area contributed by atoms with Gasteiger partial charge >= 0.3 is 0 Å². The van der Waals surface area contributed by atoms with Crippen molar-refractivity contribution in [2.45, 2.75) is 12.3 Å². The SMILES string of the molecule is C=CC(F)(F)CCN. The molecule has 0 aromatic rings. The third-order valence-corrected chi connectivity index (χ3v) is 0.776. The molecule has 2 N–H and O–H groups in total. The maximum absolute atomic E-state index is 12.0. The molecule has 48 valence electrons. The summed E-state index contributed by atoms with van der Waals surface area (Å²) in [7, 11) is 0. The molecule has 0 aliphatic carbocycles. The van der Waals surface area contributed by atoms with Crippen LogP contribution in [0.5, 0.6) is 0 Å². The fourth-order valence-electron chi connectivity index (χ4n) is 0.295. The first kappa shape index (κ1) is 7.56. The summed E-state index contributed by atoms with van der Waals surface area (Å²) in [6.07, 6.45) is 0.302. The fraction of sp³-hybridized carbons (Fsp3) is 0.600. The second-order valence-corrected chi connectivity index (χ2v) is 1.50. The van der Waals surface area contributed by atoms with E-state index >= 15 is 0 Å². The molecule has 0 rings (SSSR count). The van der Waals surface area contributed by atoms with Crippen molar-refractivity contribution in [3.8, 4) is 0 Å². The monoisotopic (exact) mass is 121 g/mol. The van der Waals surface area contributed by atoms with Crippen molar-refractivity contribution >= 4 is 0 Å². The molecular weight excluding hydrogens is 112 g/mol. The first-order chi connectivity index (χ1) is 3.62. The molecule has 0 aromatic heterocycles. The van der Waals surface area contributed by atoms with Gasteiger partial charge in [0, 0.05) is 6.42 Å². The Morgan fingerprint density at radius 3 is 2.25 bits per heavy atom. The van der Waals surface area contributed by atoms with E-state index in [1.54, 1.807) is 0 Å². The van der Waals surface area contributed by atoms with Crippen LogP contribution in [0.15, 0.2) is 12.7 Å². The number of alkyl halides is 2. The molecule has 8 heavy (non-hydrogen) atoms. The lowest BCUT2D eigenvalue weighted by molar-refractivity contribution is 0.0488. The number of allylic oxidation sites excluding steroid dienone is 1. The zero-order valence-electron chi connectivity index (χ0n) is 4.53. The normalized spacial score (nSPS) is 11.4. The molecule has 0 saturated carbocycles. The topological polar surface area (TPSA) is 26.0 Å². The minimum atomic E-state index is -2.77. The minimum absolute atomic E-state index is 0.000972. The maximum Gasteiger partial charge on any atom is 0.267 e. The summed E-state index contributed by atoms with van der Waals surface area (Å²) in [5.41, 5.74) is 4.86. The van der Waals surface area contributed by atoms with E-state index in [1.807, 2.05) is 0 Å². The molecule has 0 fully saturated rings. The van der Waals surface area contributed by atoms with Gasteiger partial charge in [-0.05, 0) is 12.6 Å². The molecule has 3 heteroatoms. The molecule has 1 nitrogen and oxygen atoms in total. The van der Waals surface area contributed by atoms with Crippen molar-refractivity contribution in [2.24, 2.45) is 5.73 Å². The molecule has 0 heterocycles. The smallest absolute Gasteiger partial charge is 0.267 e. The molecule has 0 amide bonds. The van der Waals surface area contributed by atoms with Crippen LogP contribution in [0.2, 0.25) is 0 Å². The van der Waals surface area contributed by atoms with Crippen molar-refractivity contribution in [3.05, 3.63) is 12.7 Å². The van der Waals surface area contributed by atoms with Gasteiger partial charge in [0.25, 0.3) is 5.92 Å². The van der Waals surface area contributed by atoms with Crippen LogP contribution >= 0.6 is 0 Å². The Morgan fingerprint density at radius 1 is 1.62 bits per heavy atom. The summed E-state index contributed by atoms with van der Waals surface area (Å²) >= 11 is 0. The molecule has 0 saturated heterocycles. The number of rotatable bonds is 3. The van der Waals surface area contributed by atoms with Gasteiger partial charge in [0.2, 0.25) is 0 Å². The van der Waals surface area contributed by atoms with Crippen LogP contribution in [0.4, 0.5) is 8.78 Å². The lowest BCUT2D eigenvalue weighted by atomic mass is 10.2. The van der Waals surface area contributed by atoms with E-state index < -0.39 is 5.92 Å². The van der Waals surface area contributed by atoms with Crippen molar-refractivity contribution in [1.82, 2.24) is 0 Å². The van der Waals surface area contributed by atoms with Gasteiger partial charge in [0.15, 0.2) is 0 Å². The molecule has 0 aromatic carbocycles. The lowest BCUT2D eigenvalue weighted by Crippen LogP contribution is -2.17. The van der Waals surface area contributed by atoms with E-state index in [1.165, 1.54) is 0 Å². The van der Waals surface area contributed by atoms with Crippen molar-refractivity contribution in [3.63, 3.8) is 0 Å². The van der Waals surface area contributed by atoms with Gasteiger partial charge in [0.05, 0.1) is 0 Å². The third kappa shape index (κ3) is 2.69. The average molecular weight is 121 g/mol. The molecule has 0 atom stereocenters. The summed E-state index contributed by atoms with van der Waals surface area (Å²) in [6, 6.07) is 0. The largest absolute Gasteiger partial charge is 0.330 e. The van der Waals surface area contributed by atoms with Crippen molar-refractivity contribution in [2.75, 3.05) is 6.54 Å². The van der Waals surface area contributed by atoms with Crippen LogP contribution < -0.4 is 5.73 Å². The standard InChI is InChI=1S/C5H9F2N/c1-2-5(6,7)3-4-8/h2H,1,3-4,8H2. The zero-order valence-corrected chi connectivity index (χ0v) is 4.53. The summed E-state index contributed by atoms with van der Waals surface area (Å²) in [5.74, 6) is -2.77. The van der Waals surface area contributed by atoms with Gasteiger partial charge in [-0.1, -0.05) is 6.58 Å². The number of hydrogen-bond donors (Lipinski definition) is 1.